The van der Waals surface area contributed by atoms with E-state index in [0.29, 0.717) is 16.5 Å². The van der Waals surface area contributed by atoms with E-state index in [-0.39, 0.29) is 17.7 Å². The number of benzene rings is 2. The molecule has 0 spiro atoms. The molecule has 0 fully saturated rings. The van der Waals surface area contributed by atoms with Gasteiger partial charge in [0.05, 0.1) is 7.11 Å². The van der Waals surface area contributed by atoms with E-state index < -0.39 is 11.5 Å². The predicted molar refractivity (Wildman–Crippen MR) is 113 cm³/mol. The molecule has 0 radical (unpaired) electrons. The van der Waals surface area contributed by atoms with Gasteiger partial charge >= 0.3 is 5.97 Å². The average Bonchev–Trinajstić information content (AvgIpc) is 2.68. The number of amides is 1. The molecule has 4 nitrogen and oxygen atoms in total. The van der Waals surface area contributed by atoms with E-state index >= 15 is 0 Å². The second kappa shape index (κ2) is 9.44. The molecule has 3 unspecified atom stereocenters. The molecule has 0 aliphatic rings. The van der Waals surface area contributed by atoms with Gasteiger partial charge in [-0.3, -0.25) is 4.79 Å². The molecule has 0 heterocycles. The molecule has 0 aliphatic carbocycles. The van der Waals surface area contributed by atoms with E-state index in [2.05, 4.69) is 5.32 Å². The molecule has 1 N–H and O–H groups in total. The van der Waals surface area contributed by atoms with Gasteiger partial charge in [0.15, 0.2) is 0 Å². The lowest BCUT2D eigenvalue weighted by molar-refractivity contribution is -0.150. The van der Waals surface area contributed by atoms with Crippen LogP contribution in [-0.2, 0) is 20.7 Å². The number of carbonyl (C=O) groups excluding carboxylic acids is 2. The highest BCUT2D eigenvalue weighted by Crippen LogP contribution is 2.27. The minimum atomic E-state index is -1.19. The van der Waals surface area contributed by atoms with Crippen LogP contribution < -0.4 is 5.32 Å². The first kappa shape index (κ1) is 22.3. The first-order valence-electron chi connectivity index (χ1n) is 9.06. The molecule has 0 aliphatic heterocycles. The van der Waals surface area contributed by atoms with Crippen LogP contribution in [-0.4, -0.2) is 24.5 Å². The maximum atomic E-state index is 12.9. The van der Waals surface area contributed by atoms with Gasteiger partial charge in [-0.15, -0.1) is 0 Å². The van der Waals surface area contributed by atoms with Gasteiger partial charge in [0.2, 0.25) is 5.91 Å². The van der Waals surface area contributed by atoms with Gasteiger partial charge in [0, 0.05) is 22.4 Å². The highest BCUT2D eigenvalue weighted by Gasteiger charge is 2.38. The second-order valence-corrected chi connectivity index (χ2v) is 8.12. The van der Waals surface area contributed by atoms with Crippen molar-refractivity contribution in [3.63, 3.8) is 0 Å². The zero-order valence-electron chi connectivity index (χ0n) is 16.5. The Labute approximate surface area is 176 Å². The van der Waals surface area contributed by atoms with Crippen molar-refractivity contribution in [2.24, 2.45) is 5.92 Å². The Balaban J connectivity index is 2.17. The molecular weight excluding hydrogens is 397 g/mol. The SMILES string of the molecule is COC(=O)C(C)(Cc1ccc(Cl)cc1)NC(=O)C(C)C(C)c1ccc(Cl)cc1. The van der Waals surface area contributed by atoms with Gasteiger partial charge in [-0.05, 0) is 48.2 Å². The standard InChI is InChI=1S/C22H25Cl2NO3/c1-14(17-7-11-19(24)12-8-17)15(2)20(26)25-22(3,21(27)28-4)13-16-5-9-18(23)10-6-16/h5-12,14-15H,13H2,1-4H3,(H,25,26). The normalized spacial score (nSPS) is 15.2. The molecule has 0 saturated carbocycles. The summed E-state index contributed by atoms with van der Waals surface area (Å²) in [5.41, 5.74) is 0.689. The van der Waals surface area contributed by atoms with Crippen LogP contribution in [0.2, 0.25) is 10.0 Å². The lowest BCUT2D eigenvalue weighted by Gasteiger charge is -2.31. The molecule has 150 valence electrons. The van der Waals surface area contributed by atoms with E-state index in [1.807, 2.05) is 38.1 Å². The molecule has 1 amide bonds. The first-order valence-corrected chi connectivity index (χ1v) is 9.82. The van der Waals surface area contributed by atoms with Crippen molar-refractivity contribution in [1.82, 2.24) is 5.32 Å². The quantitative estimate of drug-likeness (QED) is 0.638. The molecule has 0 aromatic heterocycles. The fraction of sp³-hybridized carbons (Fsp3) is 0.364. The molecule has 2 aromatic carbocycles. The fourth-order valence-corrected chi connectivity index (χ4v) is 3.32. The van der Waals surface area contributed by atoms with Gasteiger partial charge in [-0.1, -0.05) is 61.3 Å². The van der Waals surface area contributed by atoms with Gasteiger partial charge in [0.25, 0.3) is 0 Å². The van der Waals surface area contributed by atoms with E-state index in [1.54, 1.807) is 31.2 Å². The number of esters is 1. The number of rotatable bonds is 7. The molecule has 28 heavy (non-hydrogen) atoms. The molecular formula is C22H25Cl2NO3. The first-order chi connectivity index (χ1) is 13.2. The monoisotopic (exact) mass is 421 g/mol. The summed E-state index contributed by atoms with van der Waals surface area (Å²) >= 11 is 11.9. The summed E-state index contributed by atoms with van der Waals surface area (Å²) in [4.78, 5) is 25.4. The molecule has 2 aromatic rings. The summed E-state index contributed by atoms with van der Waals surface area (Å²) in [6, 6.07) is 14.6. The van der Waals surface area contributed by atoms with Gasteiger partial charge < -0.3 is 10.1 Å². The number of carbonyl (C=O) groups is 2. The third kappa shape index (κ3) is 5.49. The molecule has 6 heteroatoms. The average molecular weight is 422 g/mol. The van der Waals surface area contributed by atoms with Crippen LogP contribution in [0, 0.1) is 5.92 Å². The zero-order chi connectivity index (χ0) is 20.9. The minimum Gasteiger partial charge on any atom is -0.467 e. The van der Waals surface area contributed by atoms with Gasteiger partial charge in [-0.2, -0.15) is 0 Å². The Morgan fingerprint density at radius 3 is 2.00 bits per heavy atom. The Kier molecular flexibility index (Phi) is 7.50. The topological polar surface area (TPSA) is 55.4 Å². The number of halogens is 2. The molecule has 0 saturated heterocycles. The van der Waals surface area contributed by atoms with E-state index in [9.17, 15) is 9.59 Å². The maximum absolute atomic E-state index is 12.9. The van der Waals surface area contributed by atoms with Crippen LogP contribution in [0.4, 0.5) is 0 Å². The van der Waals surface area contributed by atoms with Crippen molar-refractivity contribution in [3.05, 3.63) is 69.7 Å². The lowest BCUT2D eigenvalue weighted by Crippen LogP contribution is -2.56. The van der Waals surface area contributed by atoms with Crippen molar-refractivity contribution < 1.29 is 14.3 Å². The minimum absolute atomic E-state index is 0.0466. The summed E-state index contributed by atoms with van der Waals surface area (Å²) in [5.74, 6) is -1.11. The van der Waals surface area contributed by atoms with Gasteiger partial charge in [-0.25, -0.2) is 4.79 Å². The largest absolute Gasteiger partial charge is 0.467 e. The summed E-state index contributed by atoms with van der Waals surface area (Å²) in [6.45, 7) is 5.49. The smallest absolute Gasteiger partial charge is 0.331 e. The zero-order valence-corrected chi connectivity index (χ0v) is 18.0. The van der Waals surface area contributed by atoms with E-state index in [1.165, 1.54) is 7.11 Å². The van der Waals surface area contributed by atoms with Crippen molar-refractivity contribution >= 4 is 35.1 Å². The Morgan fingerprint density at radius 2 is 1.50 bits per heavy atom. The summed E-state index contributed by atoms with van der Waals surface area (Å²) in [7, 11) is 1.31. The molecule has 2 rings (SSSR count). The summed E-state index contributed by atoms with van der Waals surface area (Å²) in [6.07, 6.45) is 0.296. The van der Waals surface area contributed by atoms with Crippen LogP contribution in [0.3, 0.4) is 0 Å². The third-order valence-corrected chi connectivity index (χ3v) is 5.57. The van der Waals surface area contributed by atoms with Crippen LogP contribution in [0.5, 0.6) is 0 Å². The lowest BCUT2D eigenvalue weighted by atomic mass is 9.86. The van der Waals surface area contributed by atoms with Gasteiger partial charge in [0.1, 0.15) is 5.54 Å². The Hall–Kier alpha value is -2.04. The summed E-state index contributed by atoms with van der Waals surface area (Å²) in [5, 5.41) is 4.15. The van der Waals surface area contributed by atoms with Crippen LogP contribution in [0.1, 0.15) is 37.8 Å². The summed E-state index contributed by atoms with van der Waals surface area (Å²) < 4.78 is 4.96. The van der Waals surface area contributed by atoms with Crippen LogP contribution in [0.25, 0.3) is 0 Å². The number of nitrogens with one attached hydrogen (secondary N) is 1. The maximum Gasteiger partial charge on any atom is 0.331 e. The van der Waals surface area contributed by atoms with E-state index in [0.717, 1.165) is 11.1 Å². The highest BCUT2D eigenvalue weighted by molar-refractivity contribution is 6.30. The third-order valence-electron chi connectivity index (χ3n) is 5.07. The Morgan fingerprint density at radius 1 is 1.00 bits per heavy atom. The Bertz CT molecular complexity index is 821. The van der Waals surface area contributed by atoms with Crippen molar-refractivity contribution in [2.75, 3.05) is 7.11 Å². The predicted octanol–water partition coefficient (Wildman–Crippen LogP) is 5.02. The number of ether oxygens (including phenoxy) is 1. The van der Waals surface area contributed by atoms with Crippen molar-refractivity contribution in [3.8, 4) is 0 Å². The number of hydrogen-bond acceptors (Lipinski definition) is 3. The van der Waals surface area contributed by atoms with Crippen LogP contribution in [0.15, 0.2) is 48.5 Å². The fourth-order valence-electron chi connectivity index (χ4n) is 3.07. The molecule has 0 bridgehead atoms. The van der Waals surface area contributed by atoms with Crippen molar-refractivity contribution in [2.45, 2.75) is 38.6 Å². The van der Waals surface area contributed by atoms with E-state index in [4.69, 9.17) is 27.9 Å². The van der Waals surface area contributed by atoms with Crippen molar-refractivity contribution in [1.29, 1.82) is 0 Å². The highest BCUT2D eigenvalue weighted by atomic mass is 35.5. The molecule has 3 atom stereocenters. The number of hydrogen-bond donors (Lipinski definition) is 1. The number of methoxy groups -OCH3 is 1. The van der Waals surface area contributed by atoms with Crippen LogP contribution >= 0.6 is 23.2 Å². The second-order valence-electron chi connectivity index (χ2n) is 7.25.